The van der Waals surface area contributed by atoms with Crippen LogP contribution in [0, 0.1) is 0 Å². The van der Waals surface area contributed by atoms with Crippen molar-refractivity contribution in [3.8, 4) is 0 Å². The van der Waals surface area contributed by atoms with Crippen molar-refractivity contribution >= 4 is 10.9 Å². The lowest BCUT2D eigenvalue weighted by atomic mass is 10.1. The zero-order valence-electron chi connectivity index (χ0n) is 13.1. The Bertz CT molecular complexity index is 544. The summed E-state index contributed by atoms with van der Waals surface area (Å²) >= 11 is 0. The van der Waals surface area contributed by atoms with Gasteiger partial charge in [-0.25, -0.2) is 0 Å². The van der Waals surface area contributed by atoms with Crippen molar-refractivity contribution in [2.24, 2.45) is 0 Å². The van der Waals surface area contributed by atoms with Crippen LogP contribution in [0.25, 0.3) is 10.9 Å². The maximum absolute atomic E-state index is 4.80. The first-order valence-electron chi connectivity index (χ1n) is 7.48. The van der Waals surface area contributed by atoms with Gasteiger partial charge in [0.05, 0.1) is 11.2 Å². The van der Waals surface area contributed by atoms with Gasteiger partial charge in [-0.1, -0.05) is 25.1 Å². The third-order valence-electron chi connectivity index (χ3n) is 3.55. The number of nitrogens with one attached hydrogen (secondary N) is 1. The van der Waals surface area contributed by atoms with Gasteiger partial charge in [-0.3, -0.25) is 4.68 Å². The number of para-hydroxylation sites is 1. The molecule has 0 aliphatic heterocycles. The minimum atomic E-state index is 0.443. The number of aromatic nitrogens is 2. The van der Waals surface area contributed by atoms with E-state index < -0.39 is 0 Å². The molecule has 0 aliphatic carbocycles. The number of likely N-dealkylation sites (N-methyl/N-ethyl adjacent to an activating group) is 2. The molecule has 1 atom stereocenters. The molecule has 1 aromatic carbocycles. The number of hydrogen-bond acceptors (Lipinski definition) is 3. The summed E-state index contributed by atoms with van der Waals surface area (Å²) in [5.74, 6) is 0. The van der Waals surface area contributed by atoms with E-state index in [0.29, 0.717) is 6.04 Å². The van der Waals surface area contributed by atoms with Crippen LogP contribution in [-0.2, 0) is 13.0 Å². The summed E-state index contributed by atoms with van der Waals surface area (Å²) in [5.41, 5.74) is 2.44. The molecule has 2 rings (SSSR count). The maximum atomic E-state index is 4.80. The first-order chi connectivity index (χ1) is 9.65. The molecule has 1 aromatic heterocycles. The molecule has 20 heavy (non-hydrogen) atoms. The van der Waals surface area contributed by atoms with E-state index in [1.54, 1.807) is 0 Å². The van der Waals surface area contributed by atoms with Crippen LogP contribution in [-0.4, -0.2) is 47.9 Å². The average molecular weight is 274 g/mol. The monoisotopic (exact) mass is 274 g/mol. The molecule has 110 valence electrons. The molecular formula is C16H26N4. The summed E-state index contributed by atoms with van der Waals surface area (Å²) in [7, 11) is 4.24. The quantitative estimate of drug-likeness (QED) is 0.840. The summed E-state index contributed by atoms with van der Waals surface area (Å²) in [6.45, 7) is 7.24. The summed E-state index contributed by atoms with van der Waals surface area (Å²) in [6.07, 6.45) is 0.972. The highest BCUT2D eigenvalue weighted by Crippen LogP contribution is 2.19. The van der Waals surface area contributed by atoms with Gasteiger partial charge in [-0.15, -0.1) is 0 Å². The van der Waals surface area contributed by atoms with E-state index in [9.17, 15) is 0 Å². The summed E-state index contributed by atoms with van der Waals surface area (Å²) in [5, 5.41) is 9.65. The van der Waals surface area contributed by atoms with Gasteiger partial charge in [0.15, 0.2) is 0 Å². The molecule has 4 heteroatoms. The van der Waals surface area contributed by atoms with E-state index in [1.807, 2.05) is 0 Å². The molecule has 0 spiro atoms. The van der Waals surface area contributed by atoms with E-state index in [0.717, 1.165) is 26.1 Å². The summed E-state index contributed by atoms with van der Waals surface area (Å²) in [6, 6.07) is 8.97. The van der Waals surface area contributed by atoms with Gasteiger partial charge < -0.3 is 10.2 Å². The normalized spacial score (nSPS) is 13.2. The van der Waals surface area contributed by atoms with Gasteiger partial charge in [0.1, 0.15) is 0 Å². The Morgan fingerprint density at radius 3 is 2.65 bits per heavy atom. The van der Waals surface area contributed by atoms with Crippen molar-refractivity contribution < 1.29 is 0 Å². The Morgan fingerprint density at radius 2 is 2.00 bits per heavy atom. The van der Waals surface area contributed by atoms with Crippen molar-refractivity contribution in [1.29, 1.82) is 0 Å². The molecular weight excluding hydrogens is 248 g/mol. The molecule has 0 saturated heterocycles. The molecule has 0 amide bonds. The number of fused-ring (bicyclic) bond motifs is 1. The molecule has 0 fully saturated rings. The molecule has 2 aromatic rings. The van der Waals surface area contributed by atoms with Gasteiger partial charge in [-0.05, 0) is 33.6 Å². The highest BCUT2D eigenvalue weighted by Gasteiger charge is 2.15. The van der Waals surface area contributed by atoms with Crippen LogP contribution < -0.4 is 5.32 Å². The number of rotatable bonds is 7. The lowest BCUT2D eigenvalue weighted by Gasteiger charge is -2.21. The van der Waals surface area contributed by atoms with Crippen molar-refractivity contribution in [2.75, 3.05) is 27.2 Å². The smallest absolute Gasteiger partial charge is 0.0719 e. The Kier molecular flexibility index (Phi) is 5.15. The van der Waals surface area contributed by atoms with Crippen LogP contribution in [0.15, 0.2) is 24.3 Å². The molecule has 0 aliphatic rings. The van der Waals surface area contributed by atoms with E-state index in [-0.39, 0.29) is 0 Å². The molecule has 4 nitrogen and oxygen atoms in total. The summed E-state index contributed by atoms with van der Waals surface area (Å²) in [4.78, 5) is 2.23. The van der Waals surface area contributed by atoms with Gasteiger partial charge in [0.25, 0.3) is 0 Å². The van der Waals surface area contributed by atoms with E-state index in [2.05, 4.69) is 67.1 Å². The van der Waals surface area contributed by atoms with Gasteiger partial charge >= 0.3 is 0 Å². The maximum Gasteiger partial charge on any atom is 0.0719 e. The van der Waals surface area contributed by atoms with Crippen molar-refractivity contribution in [2.45, 2.75) is 32.9 Å². The predicted octanol–water partition coefficient (Wildman–Crippen LogP) is 2.14. The van der Waals surface area contributed by atoms with Gasteiger partial charge in [0.2, 0.25) is 0 Å². The van der Waals surface area contributed by atoms with Crippen molar-refractivity contribution in [3.63, 3.8) is 0 Å². The Labute approximate surface area is 121 Å². The molecule has 0 radical (unpaired) electrons. The largest absolute Gasteiger partial charge is 0.313 e. The minimum Gasteiger partial charge on any atom is -0.313 e. The van der Waals surface area contributed by atoms with E-state index in [1.165, 1.54) is 16.6 Å². The Morgan fingerprint density at radius 1 is 1.25 bits per heavy atom. The summed E-state index contributed by atoms with van der Waals surface area (Å²) < 4.78 is 2.10. The lowest BCUT2D eigenvalue weighted by Crippen LogP contribution is -2.39. The van der Waals surface area contributed by atoms with Crippen LogP contribution in [0.5, 0.6) is 0 Å². The van der Waals surface area contributed by atoms with Crippen LogP contribution in [0.4, 0.5) is 0 Å². The second kappa shape index (κ2) is 6.86. The zero-order valence-corrected chi connectivity index (χ0v) is 13.1. The van der Waals surface area contributed by atoms with E-state index >= 15 is 0 Å². The highest BCUT2D eigenvalue weighted by atomic mass is 15.3. The first-order valence-corrected chi connectivity index (χ1v) is 7.48. The first kappa shape index (κ1) is 15.0. The van der Waals surface area contributed by atoms with Gasteiger partial charge in [-0.2, -0.15) is 5.10 Å². The predicted molar refractivity (Wildman–Crippen MR) is 85.1 cm³/mol. The number of aryl methyl sites for hydroxylation is 1. The third-order valence-corrected chi connectivity index (χ3v) is 3.55. The van der Waals surface area contributed by atoms with Crippen molar-refractivity contribution in [1.82, 2.24) is 20.0 Å². The lowest BCUT2D eigenvalue weighted by molar-refractivity contribution is 0.337. The zero-order chi connectivity index (χ0) is 14.5. The SMILES string of the molecule is CCNC(Cc1nn(CC)c2ccccc12)CN(C)C. The fourth-order valence-corrected chi connectivity index (χ4v) is 2.75. The Balaban J connectivity index is 2.27. The topological polar surface area (TPSA) is 33.1 Å². The minimum absolute atomic E-state index is 0.443. The van der Waals surface area contributed by atoms with Crippen LogP contribution in [0.2, 0.25) is 0 Å². The standard InChI is InChI=1S/C16H26N4/c1-5-17-13(12-19(3)4)11-15-14-9-7-8-10-16(14)20(6-2)18-15/h7-10,13,17H,5-6,11-12H2,1-4H3. The number of nitrogens with zero attached hydrogens (tertiary/aromatic N) is 3. The Hall–Kier alpha value is -1.39. The molecule has 1 N–H and O–H groups in total. The molecule has 0 saturated carbocycles. The van der Waals surface area contributed by atoms with Crippen molar-refractivity contribution in [3.05, 3.63) is 30.0 Å². The fourth-order valence-electron chi connectivity index (χ4n) is 2.75. The number of hydrogen-bond donors (Lipinski definition) is 1. The third kappa shape index (κ3) is 3.38. The van der Waals surface area contributed by atoms with Crippen LogP contribution in [0.1, 0.15) is 19.5 Å². The molecule has 0 bridgehead atoms. The second-order valence-electron chi connectivity index (χ2n) is 5.50. The fraction of sp³-hybridized carbons (Fsp3) is 0.562. The van der Waals surface area contributed by atoms with Crippen LogP contribution in [0.3, 0.4) is 0 Å². The molecule has 1 heterocycles. The van der Waals surface area contributed by atoms with Crippen LogP contribution >= 0.6 is 0 Å². The highest BCUT2D eigenvalue weighted by molar-refractivity contribution is 5.82. The second-order valence-corrected chi connectivity index (χ2v) is 5.50. The number of benzene rings is 1. The van der Waals surface area contributed by atoms with E-state index in [4.69, 9.17) is 5.10 Å². The molecule has 1 unspecified atom stereocenters. The average Bonchev–Trinajstić information content (AvgIpc) is 2.77. The van der Waals surface area contributed by atoms with Gasteiger partial charge in [0, 0.05) is 30.9 Å².